The Kier molecular flexibility index (Phi) is 4.44. The zero-order valence-electron chi connectivity index (χ0n) is 11.8. The van der Waals surface area contributed by atoms with E-state index in [0.717, 1.165) is 12.5 Å². The van der Waals surface area contributed by atoms with E-state index < -0.39 is 11.9 Å². The number of hydrogen-bond acceptors (Lipinski definition) is 4. The summed E-state index contributed by atoms with van der Waals surface area (Å²) in [6, 6.07) is 0.932. The first-order valence-electron chi connectivity index (χ1n) is 6.68. The third-order valence-electron chi connectivity index (χ3n) is 2.78. The van der Waals surface area contributed by atoms with E-state index in [1.54, 1.807) is 23.9 Å². The Morgan fingerprint density at radius 3 is 2.62 bits per heavy atom. The van der Waals surface area contributed by atoms with Crippen molar-refractivity contribution in [3.63, 3.8) is 0 Å². The van der Waals surface area contributed by atoms with Gasteiger partial charge in [-0.1, -0.05) is 6.92 Å². The summed E-state index contributed by atoms with van der Waals surface area (Å²) >= 11 is 0. The second-order valence-corrected chi connectivity index (χ2v) is 4.43. The molecule has 0 atom stereocenters. The van der Waals surface area contributed by atoms with Crippen LogP contribution in [0.15, 0.2) is 18.5 Å². The van der Waals surface area contributed by atoms with Crippen LogP contribution in [-0.2, 0) is 12.6 Å². The lowest BCUT2D eigenvalue weighted by molar-refractivity contribution is -0.141. The lowest BCUT2D eigenvalue weighted by Gasteiger charge is -2.12. The van der Waals surface area contributed by atoms with Gasteiger partial charge in [-0.3, -0.25) is 4.57 Å². The Hall–Kier alpha value is -2.12. The minimum absolute atomic E-state index is 0.0431. The van der Waals surface area contributed by atoms with E-state index in [2.05, 4.69) is 20.3 Å². The highest BCUT2D eigenvalue weighted by atomic mass is 19.4. The van der Waals surface area contributed by atoms with Crippen molar-refractivity contribution in [3.8, 4) is 5.82 Å². The molecule has 2 rings (SSSR count). The Morgan fingerprint density at radius 1 is 1.24 bits per heavy atom. The van der Waals surface area contributed by atoms with Crippen LogP contribution in [0.25, 0.3) is 5.82 Å². The third kappa shape index (κ3) is 3.50. The van der Waals surface area contributed by atoms with Gasteiger partial charge >= 0.3 is 6.18 Å². The minimum Gasteiger partial charge on any atom is -0.354 e. The largest absolute Gasteiger partial charge is 0.433 e. The SMILES string of the molecule is CCCc1nccn1-c1cc(C(F)(F)F)nc(NCC)n1. The molecule has 0 radical (unpaired) electrons. The summed E-state index contributed by atoms with van der Waals surface area (Å²) in [6.07, 6.45) is 0.132. The monoisotopic (exact) mass is 299 g/mol. The first-order chi connectivity index (χ1) is 9.95. The van der Waals surface area contributed by atoms with Crippen LogP contribution in [0.5, 0.6) is 0 Å². The summed E-state index contributed by atoms with van der Waals surface area (Å²) < 4.78 is 40.4. The van der Waals surface area contributed by atoms with Crippen molar-refractivity contribution < 1.29 is 13.2 Å². The zero-order chi connectivity index (χ0) is 15.5. The molecule has 0 aliphatic rings. The van der Waals surface area contributed by atoms with Crippen molar-refractivity contribution in [2.45, 2.75) is 32.9 Å². The number of hydrogen-bond donors (Lipinski definition) is 1. The van der Waals surface area contributed by atoms with Crippen molar-refractivity contribution in [1.29, 1.82) is 0 Å². The molecule has 0 spiro atoms. The molecule has 21 heavy (non-hydrogen) atoms. The summed E-state index contributed by atoms with van der Waals surface area (Å²) in [5.74, 6) is 0.791. The van der Waals surface area contributed by atoms with Crippen LogP contribution in [-0.4, -0.2) is 26.1 Å². The second-order valence-electron chi connectivity index (χ2n) is 4.43. The Balaban J connectivity index is 2.51. The predicted molar refractivity (Wildman–Crippen MR) is 72.3 cm³/mol. The maximum Gasteiger partial charge on any atom is 0.433 e. The number of nitrogens with one attached hydrogen (secondary N) is 1. The van der Waals surface area contributed by atoms with Gasteiger partial charge in [0, 0.05) is 31.4 Å². The molecular weight excluding hydrogens is 283 g/mol. The molecule has 114 valence electrons. The van der Waals surface area contributed by atoms with Crippen molar-refractivity contribution in [2.75, 3.05) is 11.9 Å². The predicted octanol–water partition coefficient (Wildman–Crippen LogP) is 3.07. The molecule has 0 saturated carbocycles. The second kappa shape index (κ2) is 6.11. The first kappa shape index (κ1) is 15.3. The van der Waals surface area contributed by atoms with Gasteiger partial charge in [-0.05, 0) is 13.3 Å². The number of aryl methyl sites for hydroxylation is 1. The lowest BCUT2D eigenvalue weighted by Crippen LogP contribution is -2.14. The van der Waals surface area contributed by atoms with E-state index in [-0.39, 0.29) is 11.8 Å². The highest BCUT2D eigenvalue weighted by Crippen LogP contribution is 2.29. The van der Waals surface area contributed by atoms with Gasteiger partial charge in [0.25, 0.3) is 0 Å². The molecule has 0 unspecified atom stereocenters. The summed E-state index contributed by atoms with van der Waals surface area (Å²) in [6.45, 7) is 4.18. The quantitative estimate of drug-likeness (QED) is 0.922. The molecule has 0 aliphatic carbocycles. The summed E-state index contributed by atoms with van der Waals surface area (Å²) in [5, 5.41) is 2.72. The molecule has 0 fully saturated rings. The molecule has 0 aromatic carbocycles. The summed E-state index contributed by atoms with van der Waals surface area (Å²) in [7, 11) is 0. The Bertz CT molecular complexity index is 606. The fourth-order valence-electron chi connectivity index (χ4n) is 1.89. The van der Waals surface area contributed by atoms with Crippen LogP contribution in [0.1, 0.15) is 31.8 Å². The lowest BCUT2D eigenvalue weighted by atomic mass is 10.3. The van der Waals surface area contributed by atoms with Gasteiger partial charge in [0.05, 0.1) is 0 Å². The molecule has 0 bridgehead atoms. The molecule has 1 N–H and O–H groups in total. The minimum atomic E-state index is -4.52. The number of rotatable bonds is 5. The maximum atomic E-state index is 12.9. The average molecular weight is 299 g/mol. The Morgan fingerprint density at radius 2 is 2.00 bits per heavy atom. The molecule has 8 heteroatoms. The van der Waals surface area contributed by atoms with Crippen molar-refractivity contribution >= 4 is 5.95 Å². The van der Waals surface area contributed by atoms with Crippen LogP contribution in [0, 0.1) is 0 Å². The smallest absolute Gasteiger partial charge is 0.354 e. The number of imidazole rings is 1. The Labute approximate surface area is 120 Å². The van der Waals surface area contributed by atoms with Crippen molar-refractivity contribution in [1.82, 2.24) is 19.5 Å². The standard InChI is InChI=1S/C13H16F3N5/c1-3-5-10-18-6-7-21(10)11-8-9(13(14,15)16)19-12(20-11)17-4-2/h6-8H,3-5H2,1-2H3,(H,17,19,20). The first-order valence-corrected chi connectivity index (χ1v) is 6.68. The molecule has 2 aromatic heterocycles. The average Bonchev–Trinajstić information content (AvgIpc) is 2.86. The van der Waals surface area contributed by atoms with Gasteiger partial charge < -0.3 is 5.32 Å². The van der Waals surface area contributed by atoms with Crippen LogP contribution >= 0.6 is 0 Å². The van der Waals surface area contributed by atoms with Gasteiger partial charge in [-0.25, -0.2) is 9.97 Å². The molecule has 2 aromatic rings. The number of halogens is 3. The number of nitrogens with zero attached hydrogens (tertiary/aromatic N) is 4. The van der Waals surface area contributed by atoms with Crippen LogP contribution in [0.2, 0.25) is 0 Å². The topological polar surface area (TPSA) is 55.6 Å². The van der Waals surface area contributed by atoms with Gasteiger partial charge in [0.15, 0.2) is 5.69 Å². The molecule has 2 heterocycles. The van der Waals surface area contributed by atoms with Crippen molar-refractivity contribution in [3.05, 3.63) is 30.0 Å². The maximum absolute atomic E-state index is 12.9. The number of alkyl halides is 3. The van der Waals surface area contributed by atoms with Gasteiger partial charge in [0.2, 0.25) is 5.95 Å². The fraction of sp³-hybridized carbons (Fsp3) is 0.462. The fourth-order valence-corrected chi connectivity index (χ4v) is 1.89. The molecule has 0 amide bonds. The highest BCUT2D eigenvalue weighted by molar-refractivity contribution is 5.37. The van der Waals surface area contributed by atoms with Gasteiger partial charge in [-0.2, -0.15) is 18.2 Å². The summed E-state index contributed by atoms with van der Waals surface area (Å²) in [4.78, 5) is 11.8. The van der Waals surface area contributed by atoms with Crippen LogP contribution in [0.4, 0.5) is 19.1 Å². The third-order valence-corrected chi connectivity index (χ3v) is 2.78. The molecule has 0 aliphatic heterocycles. The van der Waals surface area contributed by atoms with Crippen molar-refractivity contribution in [2.24, 2.45) is 0 Å². The summed E-state index contributed by atoms with van der Waals surface area (Å²) in [5.41, 5.74) is -0.973. The van der Waals surface area contributed by atoms with E-state index in [1.807, 2.05) is 6.92 Å². The van der Waals surface area contributed by atoms with E-state index >= 15 is 0 Å². The van der Waals surface area contributed by atoms with Crippen LogP contribution < -0.4 is 5.32 Å². The van der Waals surface area contributed by atoms with E-state index in [1.165, 1.54) is 0 Å². The van der Waals surface area contributed by atoms with E-state index in [0.29, 0.717) is 18.8 Å². The number of anilines is 1. The van der Waals surface area contributed by atoms with Crippen LogP contribution in [0.3, 0.4) is 0 Å². The van der Waals surface area contributed by atoms with Gasteiger partial charge in [-0.15, -0.1) is 0 Å². The number of aromatic nitrogens is 4. The van der Waals surface area contributed by atoms with Gasteiger partial charge in [0.1, 0.15) is 11.6 Å². The zero-order valence-corrected chi connectivity index (χ0v) is 11.8. The molecule has 5 nitrogen and oxygen atoms in total. The van der Waals surface area contributed by atoms with E-state index in [4.69, 9.17) is 0 Å². The normalized spacial score (nSPS) is 11.7. The molecular formula is C13H16F3N5. The highest BCUT2D eigenvalue weighted by Gasteiger charge is 2.34. The molecule has 0 saturated heterocycles. The van der Waals surface area contributed by atoms with E-state index in [9.17, 15) is 13.2 Å².